The zero-order valence-electron chi connectivity index (χ0n) is 9.14. The standard InChI is InChI=1S/C11H16N4/c1-3-9(6-12)11-13-10-5-4-8(2)7-15(10)14-11/h4-5,7,9H,3,6,12H2,1-2H3. The topological polar surface area (TPSA) is 56.2 Å². The van der Waals surface area contributed by atoms with Crippen molar-refractivity contribution >= 4 is 5.65 Å². The van der Waals surface area contributed by atoms with Gasteiger partial charge in [-0.25, -0.2) is 9.50 Å². The first-order chi connectivity index (χ1) is 7.24. The predicted octanol–water partition coefficient (Wildman–Crippen LogP) is 1.49. The molecule has 0 aliphatic rings. The molecule has 0 saturated heterocycles. The van der Waals surface area contributed by atoms with Crippen LogP contribution in [0.15, 0.2) is 18.3 Å². The van der Waals surface area contributed by atoms with Crippen LogP contribution in [0.1, 0.15) is 30.7 Å². The summed E-state index contributed by atoms with van der Waals surface area (Å²) in [5.41, 5.74) is 7.75. The second-order valence-electron chi connectivity index (χ2n) is 3.82. The van der Waals surface area contributed by atoms with Gasteiger partial charge in [0.05, 0.1) is 0 Å². The van der Waals surface area contributed by atoms with Gasteiger partial charge in [0.1, 0.15) is 0 Å². The van der Waals surface area contributed by atoms with Crippen LogP contribution in [0.4, 0.5) is 0 Å². The smallest absolute Gasteiger partial charge is 0.156 e. The highest BCUT2D eigenvalue weighted by Crippen LogP contribution is 2.15. The first kappa shape index (κ1) is 10.1. The Hall–Kier alpha value is -1.42. The van der Waals surface area contributed by atoms with E-state index in [0.29, 0.717) is 6.54 Å². The summed E-state index contributed by atoms with van der Waals surface area (Å²) < 4.78 is 1.82. The van der Waals surface area contributed by atoms with Crippen molar-refractivity contribution < 1.29 is 0 Å². The Kier molecular flexibility index (Phi) is 2.68. The second kappa shape index (κ2) is 3.98. The van der Waals surface area contributed by atoms with E-state index in [-0.39, 0.29) is 5.92 Å². The molecule has 4 nitrogen and oxygen atoms in total. The Balaban J connectivity index is 2.46. The highest BCUT2D eigenvalue weighted by Gasteiger charge is 2.13. The van der Waals surface area contributed by atoms with E-state index >= 15 is 0 Å². The third kappa shape index (κ3) is 1.85. The lowest BCUT2D eigenvalue weighted by atomic mass is 10.1. The van der Waals surface area contributed by atoms with Gasteiger partial charge in [0, 0.05) is 18.7 Å². The van der Waals surface area contributed by atoms with Crippen LogP contribution in [0.2, 0.25) is 0 Å². The van der Waals surface area contributed by atoms with Crippen LogP contribution in [0.3, 0.4) is 0 Å². The van der Waals surface area contributed by atoms with Crippen molar-refractivity contribution in [3.63, 3.8) is 0 Å². The Morgan fingerprint density at radius 1 is 1.47 bits per heavy atom. The number of fused-ring (bicyclic) bond motifs is 1. The monoisotopic (exact) mass is 204 g/mol. The van der Waals surface area contributed by atoms with Crippen LogP contribution < -0.4 is 5.73 Å². The van der Waals surface area contributed by atoms with E-state index in [1.54, 1.807) is 0 Å². The molecule has 1 atom stereocenters. The lowest BCUT2D eigenvalue weighted by Crippen LogP contribution is -2.13. The molecule has 0 radical (unpaired) electrons. The van der Waals surface area contributed by atoms with E-state index in [4.69, 9.17) is 5.73 Å². The molecule has 0 bridgehead atoms. The summed E-state index contributed by atoms with van der Waals surface area (Å²) in [6.45, 7) is 4.75. The Labute approximate surface area is 89.1 Å². The van der Waals surface area contributed by atoms with Crippen molar-refractivity contribution in [3.05, 3.63) is 29.7 Å². The molecule has 1 unspecified atom stereocenters. The molecule has 4 heteroatoms. The van der Waals surface area contributed by atoms with Crippen LogP contribution in [0.5, 0.6) is 0 Å². The van der Waals surface area contributed by atoms with Gasteiger partial charge < -0.3 is 5.73 Å². The van der Waals surface area contributed by atoms with Gasteiger partial charge in [-0.2, -0.15) is 5.10 Å². The fraction of sp³-hybridized carbons (Fsp3) is 0.455. The minimum atomic E-state index is 0.269. The zero-order chi connectivity index (χ0) is 10.8. The largest absolute Gasteiger partial charge is 0.330 e. The third-order valence-corrected chi connectivity index (χ3v) is 2.64. The first-order valence-corrected chi connectivity index (χ1v) is 5.27. The maximum atomic E-state index is 5.68. The van der Waals surface area contributed by atoms with Crippen LogP contribution in [0.25, 0.3) is 5.65 Å². The molecule has 0 aliphatic carbocycles. The molecule has 80 valence electrons. The fourth-order valence-electron chi connectivity index (χ4n) is 1.63. The second-order valence-corrected chi connectivity index (χ2v) is 3.82. The van der Waals surface area contributed by atoms with Gasteiger partial charge in [-0.1, -0.05) is 13.0 Å². The molecule has 0 aromatic carbocycles. The quantitative estimate of drug-likeness (QED) is 0.824. The Bertz CT molecular complexity index is 457. The molecule has 2 heterocycles. The van der Waals surface area contributed by atoms with E-state index in [2.05, 4.69) is 17.0 Å². The fourth-order valence-corrected chi connectivity index (χ4v) is 1.63. The Morgan fingerprint density at radius 2 is 2.27 bits per heavy atom. The third-order valence-electron chi connectivity index (χ3n) is 2.64. The van der Waals surface area contributed by atoms with Crippen LogP contribution in [-0.4, -0.2) is 21.1 Å². The first-order valence-electron chi connectivity index (χ1n) is 5.27. The minimum Gasteiger partial charge on any atom is -0.330 e. The number of nitrogens with two attached hydrogens (primary N) is 1. The van der Waals surface area contributed by atoms with Crippen LogP contribution in [-0.2, 0) is 0 Å². The molecule has 2 rings (SSSR count). The molecule has 2 aromatic heterocycles. The number of aromatic nitrogens is 3. The summed E-state index contributed by atoms with van der Waals surface area (Å²) in [6.07, 6.45) is 2.96. The number of hydrogen-bond donors (Lipinski definition) is 1. The number of pyridine rings is 1. The average Bonchev–Trinajstić information content (AvgIpc) is 2.62. The zero-order valence-corrected chi connectivity index (χ0v) is 9.14. The van der Waals surface area contributed by atoms with Crippen molar-refractivity contribution in [2.45, 2.75) is 26.2 Å². The number of rotatable bonds is 3. The molecule has 2 aromatic rings. The highest BCUT2D eigenvalue weighted by molar-refractivity contribution is 5.38. The van der Waals surface area contributed by atoms with Gasteiger partial charge in [0.2, 0.25) is 0 Å². The number of aryl methyl sites for hydroxylation is 1. The molecule has 0 spiro atoms. The summed E-state index contributed by atoms with van der Waals surface area (Å²) in [7, 11) is 0. The molecular formula is C11H16N4. The van der Waals surface area contributed by atoms with E-state index in [0.717, 1.165) is 17.9 Å². The number of hydrogen-bond acceptors (Lipinski definition) is 3. The van der Waals surface area contributed by atoms with Gasteiger partial charge in [-0.05, 0) is 25.0 Å². The van der Waals surface area contributed by atoms with Crippen LogP contribution >= 0.6 is 0 Å². The average molecular weight is 204 g/mol. The van der Waals surface area contributed by atoms with E-state index < -0.39 is 0 Å². The lowest BCUT2D eigenvalue weighted by molar-refractivity contribution is 0.629. The molecule has 15 heavy (non-hydrogen) atoms. The highest BCUT2D eigenvalue weighted by atomic mass is 15.3. The van der Waals surface area contributed by atoms with Gasteiger partial charge in [-0.3, -0.25) is 0 Å². The molecular weight excluding hydrogens is 188 g/mol. The predicted molar refractivity (Wildman–Crippen MR) is 59.8 cm³/mol. The summed E-state index contributed by atoms with van der Waals surface area (Å²) in [4.78, 5) is 4.47. The van der Waals surface area contributed by atoms with Gasteiger partial charge in [0.25, 0.3) is 0 Å². The minimum absolute atomic E-state index is 0.269. The van der Waals surface area contributed by atoms with Crippen molar-refractivity contribution in [3.8, 4) is 0 Å². The molecule has 0 amide bonds. The van der Waals surface area contributed by atoms with E-state index in [9.17, 15) is 0 Å². The molecule has 0 saturated carbocycles. The van der Waals surface area contributed by atoms with Crippen molar-refractivity contribution in [2.75, 3.05) is 6.54 Å². The number of nitrogens with zero attached hydrogens (tertiary/aromatic N) is 3. The van der Waals surface area contributed by atoms with Crippen molar-refractivity contribution in [1.82, 2.24) is 14.6 Å². The van der Waals surface area contributed by atoms with E-state index in [1.165, 1.54) is 5.56 Å². The molecule has 0 fully saturated rings. The van der Waals surface area contributed by atoms with Crippen molar-refractivity contribution in [2.24, 2.45) is 5.73 Å². The molecule has 0 aliphatic heterocycles. The summed E-state index contributed by atoms with van der Waals surface area (Å²) in [5, 5.41) is 4.44. The summed E-state index contributed by atoms with van der Waals surface area (Å²) >= 11 is 0. The summed E-state index contributed by atoms with van der Waals surface area (Å²) in [5.74, 6) is 1.12. The SMILES string of the molecule is CCC(CN)c1nc2ccc(C)cn2n1. The van der Waals surface area contributed by atoms with E-state index in [1.807, 2.05) is 29.8 Å². The summed E-state index contributed by atoms with van der Waals surface area (Å²) in [6, 6.07) is 4.02. The maximum absolute atomic E-state index is 5.68. The maximum Gasteiger partial charge on any atom is 0.156 e. The van der Waals surface area contributed by atoms with Crippen LogP contribution in [0, 0.1) is 6.92 Å². The lowest BCUT2D eigenvalue weighted by Gasteiger charge is -2.05. The van der Waals surface area contributed by atoms with Gasteiger partial charge >= 0.3 is 0 Å². The van der Waals surface area contributed by atoms with Gasteiger partial charge in [-0.15, -0.1) is 0 Å². The van der Waals surface area contributed by atoms with Crippen molar-refractivity contribution in [1.29, 1.82) is 0 Å². The van der Waals surface area contributed by atoms with Gasteiger partial charge in [0.15, 0.2) is 11.5 Å². The normalized spacial score (nSPS) is 13.3. The Morgan fingerprint density at radius 3 is 2.93 bits per heavy atom. The molecule has 2 N–H and O–H groups in total.